The van der Waals surface area contributed by atoms with Gasteiger partial charge in [0.15, 0.2) is 5.82 Å². The predicted octanol–water partition coefficient (Wildman–Crippen LogP) is 4.05. The molecule has 1 unspecified atom stereocenters. The summed E-state index contributed by atoms with van der Waals surface area (Å²) in [7, 11) is 0. The minimum atomic E-state index is -4.39. The minimum Gasteiger partial charge on any atom is -0.506 e. The van der Waals surface area contributed by atoms with Gasteiger partial charge in [-0.3, -0.25) is 0 Å². The Morgan fingerprint density at radius 2 is 1.79 bits per heavy atom. The smallest absolute Gasteiger partial charge is 0.416 e. The highest BCUT2D eigenvalue weighted by atomic mass is 19.4. The molecule has 33 heavy (non-hydrogen) atoms. The van der Waals surface area contributed by atoms with E-state index < -0.39 is 17.8 Å². The molecule has 5 N–H and O–H groups in total. The van der Waals surface area contributed by atoms with Crippen LogP contribution in [0.5, 0.6) is 5.75 Å². The predicted molar refractivity (Wildman–Crippen MR) is 119 cm³/mol. The quantitative estimate of drug-likeness (QED) is 0.296. The third-order valence-electron chi connectivity index (χ3n) is 5.49. The van der Waals surface area contributed by atoms with Gasteiger partial charge in [-0.25, -0.2) is 9.67 Å². The number of phenols is 1. The van der Waals surface area contributed by atoms with E-state index in [4.69, 9.17) is 5.73 Å². The Morgan fingerprint density at radius 1 is 1.12 bits per heavy atom. The van der Waals surface area contributed by atoms with Gasteiger partial charge < -0.3 is 21.3 Å². The molecule has 1 atom stereocenters. The van der Waals surface area contributed by atoms with Gasteiger partial charge >= 0.3 is 6.18 Å². The number of alkyl halides is 3. The second kappa shape index (κ2) is 9.40. The molecule has 10 heteroatoms. The second-order valence-corrected chi connectivity index (χ2v) is 8.63. The highest BCUT2D eigenvalue weighted by Gasteiger charge is 2.30. The first-order valence-corrected chi connectivity index (χ1v) is 10.5. The molecule has 0 spiro atoms. The Balaban J connectivity index is 1.59. The molecule has 3 aromatic rings. The number of nitrogens with two attached hydrogens (primary N) is 1. The first-order valence-electron chi connectivity index (χ1n) is 10.5. The number of nitrogen functional groups attached to an aromatic ring is 1. The average Bonchev–Trinajstić information content (AvgIpc) is 3.13. The van der Waals surface area contributed by atoms with Gasteiger partial charge in [-0.2, -0.15) is 18.3 Å². The van der Waals surface area contributed by atoms with Gasteiger partial charge in [-0.05, 0) is 57.0 Å². The molecule has 0 aliphatic heterocycles. The van der Waals surface area contributed by atoms with Crippen molar-refractivity contribution in [3.05, 3.63) is 59.4 Å². The third kappa shape index (κ3) is 6.23. The van der Waals surface area contributed by atoms with Crippen molar-refractivity contribution in [2.24, 2.45) is 0 Å². The molecule has 0 bridgehead atoms. The summed E-state index contributed by atoms with van der Waals surface area (Å²) in [4.78, 5) is 4.38. The standard InChI is InChI=1S/C23H28F3N5O2/c1-14-29-21(15-4-7-17(8-5-15)23(24,25)26)30-31(14)11-10-22(2,3)28-13-20(33)16-6-9-19(32)18(27)12-16/h4-9,12,20,28,32-33H,10-11,13,27H2,1-3H3. The van der Waals surface area contributed by atoms with E-state index >= 15 is 0 Å². The van der Waals surface area contributed by atoms with Crippen LogP contribution < -0.4 is 11.1 Å². The summed E-state index contributed by atoms with van der Waals surface area (Å²) in [6, 6.07) is 9.37. The lowest BCUT2D eigenvalue weighted by Crippen LogP contribution is -2.42. The van der Waals surface area contributed by atoms with Crippen molar-refractivity contribution in [2.75, 3.05) is 12.3 Å². The fourth-order valence-corrected chi connectivity index (χ4v) is 3.31. The van der Waals surface area contributed by atoms with E-state index in [9.17, 15) is 23.4 Å². The van der Waals surface area contributed by atoms with Gasteiger partial charge in [0, 0.05) is 24.2 Å². The van der Waals surface area contributed by atoms with Crippen molar-refractivity contribution in [2.45, 2.75) is 51.6 Å². The van der Waals surface area contributed by atoms with Crippen LogP contribution in [0.1, 0.15) is 43.3 Å². The summed E-state index contributed by atoms with van der Waals surface area (Å²) >= 11 is 0. The second-order valence-electron chi connectivity index (χ2n) is 8.63. The molecule has 7 nitrogen and oxygen atoms in total. The van der Waals surface area contributed by atoms with Crippen molar-refractivity contribution in [1.29, 1.82) is 0 Å². The van der Waals surface area contributed by atoms with Crippen LogP contribution in [0.3, 0.4) is 0 Å². The summed E-state index contributed by atoms with van der Waals surface area (Å²) in [6.07, 6.45) is -4.53. The third-order valence-corrected chi connectivity index (χ3v) is 5.49. The number of aliphatic hydroxyl groups is 1. The molecule has 1 aromatic heterocycles. The maximum Gasteiger partial charge on any atom is 0.416 e. The Morgan fingerprint density at radius 3 is 2.39 bits per heavy atom. The topological polar surface area (TPSA) is 109 Å². The number of halogens is 3. The molecule has 1 heterocycles. The Labute approximate surface area is 190 Å². The lowest BCUT2D eigenvalue weighted by atomic mass is 9.99. The maximum atomic E-state index is 12.8. The van der Waals surface area contributed by atoms with E-state index in [0.717, 1.165) is 12.1 Å². The first kappa shape index (κ1) is 24.5. The molecule has 0 amide bonds. The molecule has 0 aliphatic carbocycles. The van der Waals surface area contributed by atoms with Crippen molar-refractivity contribution >= 4 is 5.69 Å². The highest BCUT2D eigenvalue weighted by Crippen LogP contribution is 2.30. The lowest BCUT2D eigenvalue weighted by molar-refractivity contribution is -0.137. The summed E-state index contributed by atoms with van der Waals surface area (Å²) in [5.41, 5.74) is 5.94. The number of benzene rings is 2. The minimum absolute atomic E-state index is 0.0295. The van der Waals surface area contributed by atoms with Gasteiger partial charge in [0.25, 0.3) is 0 Å². The monoisotopic (exact) mass is 463 g/mol. The largest absolute Gasteiger partial charge is 0.506 e. The first-order chi connectivity index (χ1) is 15.4. The number of β-amino-alcohol motifs (C(OH)–C–C–N with tert-alkyl or cyclic N) is 1. The number of aliphatic hydroxyl groups excluding tert-OH is 1. The SMILES string of the molecule is Cc1nc(-c2ccc(C(F)(F)F)cc2)nn1CCC(C)(C)NCC(O)c1ccc(O)c(N)c1. The van der Waals surface area contributed by atoms with Crippen molar-refractivity contribution < 1.29 is 23.4 Å². The highest BCUT2D eigenvalue weighted by molar-refractivity contribution is 5.55. The van der Waals surface area contributed by atoms with E-state index in [1.807, 2.05) is 13.8 Å². The zero-order valence-electron chi connectivity index (χ0n) is 18.7. The van der Waals surface area contributed by atoms with Gasteiger partial charge in [0.2, 0.25) is 0 Å². The number of nitrogens with one attached hydrogen (secondary N) is 1. The summed E-state index contributed by atoms with van der Waals surface area (Å²) in [5.74, 6) is 0.991. The Kier molecular flexibility index (Phi) is 6.99. The lowest BCUT2D eigenvalue weighted by Gasteiger charge is -2.28. The zero-order valence-corrected chi connectivity index (χ0v) is 18.7. The van der Waals surface area contributed by atoms with Crippen LogP contribution in [0.4, 0.5) is 18.9 Å². The average molecular weight is 464 g/mol. The van der Waals surface area contributed by atoms with E-state index in [0.29, 0.717) is 35.7 Å². The van der Waals surface area contributed by atoms with Crippen molar-refractivity contribution in [3.8, 4) is 17.1 Å². The molecular formula is C23H28F3N5O2. The van der Waals surface area contributed by atoms with Gasteiger partial charge in [-0.15, -0.1) is 0 Å². The summed E-state index contributed by atoms with van der Waals surface area (Å²) in [6.45, 7) is 6.59. The van der Waals surface area contributed by atoms with Gasteiger partial charge in [0.1, 0.15) is 11.6 Å². The van der Waals surface area contributed by atoms with E-state index in [1.165, 1.54) is 24.3 Å². The summed E-state index contributed by atoms with van der Waals surface area (Å²) < 4.78 is 40.0. The fourth-order valence-electron chi connectivity index (χ4n) is 3.31. The molecule has 0 fully saturated rings. The fraction of sp³-hybridized carbons (Fsp3) is 0.391. The summed E-state index contributed by atoms with van der Waals surface area (Å²) in [5, 5.41) is 27.7. The molecule has 0 saturated carbocycles. The molecule has 2 aromatic carbocycles. The maximum absolute atomic E-state index is 12.8. The molecule has 3 rings (SSSR count). The van der Waals surface area contributed by atoms with Crippen LogP contribution in [0, 0.1) is 6.92 Å². The Bertz CT molecular complexity index is 1090. The van der Waals surface area contributed by atoms with Crippen LogP contribution in [-0.2, 0) is 12.7 Å². The van der Waals surface area contributed by atoms with Gasteiger partial charge in [-0.1, -0.05) is 18.2 Å². The van der Waals surface area contributed by atoms with E-state index in [1.54, 1.807) is 17.7 Å². The number of anilines is 1. The van der Waals surface area contributed by atoms with Crippen LogP contribution in [-0.4, -0.2) is 37.1 Å². The van der Waals surface area contributed by atoms with Gasteiger partial charge in [0.05, 0.1) is 17.4 Å². The van der Waals surface area contributed by atoms with Crippen LogP contribution >= 0.6 is 0 Å². The van der Waals surface area contributed by atoms with Crippen LogP contribution in [0.2, 0.25) is 0 Å². The number of aromatic nitrogens is 3. The number of hydrogen-bond donors (Lipinski definition) is 4. The van der Waals surface area contributed by atoms with Crippen molar-refractivity contribution in [1.82, 2.24) is 20.1 Å². The molecule has 0 aliphatic rings. The Hall–Kier alpha value is -3.11. The number of hydrogen-bond acceptors (Lipinski definition) is 6. The molecular weight excluding hydrogens is 435 g/mol. The number of aromatic hydroxyl groups is 1. The molecule has 178 valence electrons. The van der Waals surface area contributed by atoms with E-state index in [-0.39, 0.29) is 23.5 Å². The molecule has 0 saturated heterocycles. The number of aryl methyl sites for hydroxylation is 2. The number of rotatable bonds is 8. The molecule has 0 radical (unpaired) electrons. The zero-order chi connectivity index (χ0) is 24.4. The van der Waals surface area contributed by atoms with Crippen molar-refractivity contribution in [3.63, 3.8) is 0 Å². The number of phenolic OH excluding ortho intramolecular Hbond substituents is 1. The van der Waals surface area contributed by atoms with E-state index in [2.05, 4.69) is 15.4 Å². The number of nitrogens with zero attached hydrogens (tertiary/aromatic N) is 3. The van der Waals surface area contributed by atoms with Crippen LogP contribution in [0.15, 0.2) is 42.5 Å². The van der Waals surface area contributed by atoms with Crippen LogP contribution in [0.25, 0.3) is 11.4 Å². The normalized spacial score (nSPS) is 13.3.